The third-order valence-electron chi connectivity index (χ3n) is 4.90. The number of aromatic nitrogens is 1. The highest BCUT2D eigenvalue weighted by molar-refractivity contribution is 7.89. The quantitative estimate of drug-likeness (QED) is 0.556. The zero-order chi connectivity index (χ0) is 22.6. The number of H-pyrrole nitrogens is 1. The maximum atomic E-state index is 13.0. The van der Waals surface area contributed by atoms with Gasteiger partial charge in [0.1, 0.15) is 0 Å². The molecule has 0 aliphatic rings. The van der Waals surface area contributed by atoms with Crippen molar-refractivity contribution < 1.29 is 17.9 Å². The number of ether oxygens (including phenoxy) is 1. The average Bonchev–Trinajstić information content (AvgIpc) is 2.74. The van der Waals surface area contributed by atoms with Crippen molar-refractivity contribution in [3.05, 3.63) is 70.0 Å². The molecule has 3 rings (SSSR count). The SMILES string of the molecule is CCN(CC)S(=O)(=O)c1ccc2[nH]c(=O)cc(C(=O)Nc3cccc(COC)c3)c2c1. The molecule has 0 aliphatic carbocycles. The van der Waals surface area contributed by atoms with E-state index in [0.717, 1.165) is 5.56 Å². The van der Waals surface area contributed by atoms with Crippen LogP contribution in [-0.2, 0) is 21.4 Å². The molecule has 0 spiro atoms. The monoisotopic (exact) mass is 443 g/mol. The van der Waals surface area contributed by atoms with Crippen LogP contribution < -0.4 is 10.9 Å². The summed E-state index contributed by atoms with van der Waals surface area (Å²) in [4.78, 5) is 27.8. The molecule has 0 atom stereocenters. The number of carbonyl (C=O) groups is 1. The Labute approximate surface area is 180 Å². The zero-order valence-electron chi connectivity index (χ0n) is 17.6. The van der Waals surface area contributed by atoms with Gasteiger partial charge in [-0.1, -0.05) is 26.0 Å². The fourth-order valence-electron chi connectivity index (χ4n) is 3.40. The second kappa shape index (κ2) is 9.42. The summed E-state index contributed by atoms with van der Waals surface area (Å²) in [5.41, 5.74) is 1.44. The number of nitrogens with zero attached hydrogens (tertiary/aromatic N) is 1. The summed E-state index contributed by atoms with van der Waals surface area (Å²) in [5, 5.41) is 3.12. The van der Waals surface area contributed by atoms with E-state index in [1.807, 2.05) is 6.07 Å². The van der Waals surface area contributed by atoms with Gasteiger partial charge in [-0.15, -0.1) is 0 Å². The van der Waals surface area contributed by atoms with Crippen molar-refractivity contribution in [2.75, 3.05) is 25.5 Å². The molecule has 8 nitrogen and oxygen atoms in total. The van der Waals surface area contributed by atoms with Gasteiger partial charge >= 0.3 is 0 Å². The largest absolute Gasteiger partial charge is 0.380 e. The second-order valence-electron chi connectivity index (χ2n) is 6.93. The number of sulfonamides is 1. The van der Waals surface area contributed by atoms with E-state index in [9.17, 15) is 18.0 Å². The van der Waals surface area contributed by atoms with Gasteiger partial charge in [0.05, 0.1) is 17.1 Å². The van der Waals surface area contributed by atoms with Crippen molar-refractivity contribution in [2.45, 2.75) is 25.3 Å². The summed E-state index contributed by atoms with van der Waals surface area (Å²) >= 11 is 0. The van der Waals surface area contributed by atoms with Gasteiger partial charge in [-0.05, 0) is 35.9 Å². The van der Waals surface area contributed by atoms with Crippen LogP contribution in [0.2, 0.25) is 0 Å². The minimum absolute atomic E-state index is 0.0619. The molecule has 0 bridgehead atoms. The van der Waals surface area contributed by atoms with Crippen LogP contribution in [0.3, 0.4) is 0 Å². The van der Waals surface area contributed by atoms with Crippen molar-refractivity contribution in [2.24, 2.45) is 0 Å². The molecule has 0 fully saturated rings. The van der Waals surface area contributed by atoms with Gasteiger partial charge in [0.2, 0.25) is 15.6 Å². The van der Waals surface area contributed by atoms with Crippen molar-refractivity contribution >= 4 is 32.5 Å². The summed E-state index contributed by atoms with van der Waals surface area (Å²) in [6.45, 7) is 4.57. The van der Waals surface area contributed by atoms with Crippen LogP contribution in [0.5, 0.6) is 0 Å². The zero-order valence-corrected chi connectivity index (χ0v) is 18.5. The summed E-state index contributed by atoms with van der Waals surface area (Å²) in [6.07, 6.45) is 0. The molecular weight excluding hydrogens is 418 g/mol. The van der Waals surface area contributed by atoms with Crippen LogP contribution in [0.25, 0.3) is 10.9 Å². The van der Waals surface area contributed by atoms with Gasteiger partial charge < -0.3 is 15.0 Å². The Morgan fingerprint density at radius 3 is 2.52 bits per heavy atom. The van der Waals surface area contributed by atoms with E-state index in [2.05, 4.69) is 10.3 Å². The molecule has 0 saturated heterocycles. The Bertz CT molecular complexity index is 1260. The minimum Gasteiger partial charge on any atom is -0.380 e. The molecule has 2 aromatic carbocycles. The Kier molecular flexibility index (Phi) is 6.89. The number of hydrogen-bond donors (Lipinski definition) is 2. The van der Waals surface area contributed by atoms with Gasteiger partial charge in [-0.3, -0.25) is 9.59 Å². The summed E-state index contributed by atoms with van der Waals surface area (Å²) < 4.78 is 32.3. The standard InChI is InChI=1S/C22H25N3O5S/c1-4-25(5-2)31(28,29)17-9-10-20-18(12-17)19(13-21(26)24-20)22(27)23-16-8-6-7-15(11-16)14-30-3/h6-13H,4-5,14H2,1-3H3,(H,23,27)(H,24,26). The lowest BCUT2D eigenvalue weighted by Crippen LogP contribution is -2.30. The van der Waals surface area contributed by atoms with Gasteiger partial charge in [0.15, 0.2) is 0 Å². The molecule has 31 heavy (non-hydrogen) atoms. The van der Waals surface area contributed by atoms with E-state index in [4.69, 9.17) is 4.74 Å². The summed E-state index contributed by atoms with van der Waals surface area (Å²) in [5.74, 6) is -0.511. The third kappa shape index (κ3) is 4.84. The van der Waals surface area contributed by atoms with Crippen LogP contribution in [-0.4, -0.2) is 43.8 Å². The first kappa shape index (κ1) is 22.7. The van der Waals surface area contributed by atoms with Crippen LogP contribution in [0.1, 0.15) is 29.8 Å². The molecule has 9 heteroatoms. The number of methoxy groups -OCH3 is 1. The highest BCUT2D eigenvalue weighted by atomic mass is 32.2. The summed E-state index contributed by atoms with van der Waals surface area (Å²) in [6, 6.07) is 12.7. The minimum atomic E-state index is -3.72. The van der Waals surface area contributed by atoms with E-state index in [0.29, 0.717) is 36.3 Å². The topological polar surface area (TPSA) is 109 Å². The molecule has 0 radical (unpaired) electrons. The van der Waals surface area contributed by atoms with E-state index < -0.39 is 21.5 Å². The fraction of sp³-hybridized carbons (Fsp3) is 0.273. The Morgan fingerprint density at radius 2 is 1.84 bits per heavy atom. The van der Waals surface area contributed by atoms with Crippen molar-refractivity contribution in [1.29, 1.82) is 0 Å². The number of hydrogen-bond acceptors (Lipinski definition) is 5. The van der Waals surface area contributed by atoms with Crippen molar-refractivity contribution in [1.82, 2.24) is 9.29 Å². The Balaban J connectivity index is 2.06. The van der Waals surface area contributed by atoms with Crippen LogP contribution in [0.4, 0.5) is 5.69 Å². The number of pyridine rings is 1. The van der Waals surface area contributed by atoms with Gasteiger partial charge in [-0.25, -0.2) is 8.42 Å². The molecule has 2 N–H and O–H groups in total. The first-order chi connectivity index (χ1) is 14.8. The maximum absolute atomic E-state index is 13.0. The molecule has 0 unspecified atom stereocenters. The predicted octanol–water partition coefficient (Wildman–Crippen LogP) is 2.96. The number of carbonyl (C=O) groups excluding carboxylic acids is 1. The molecule has 1 heterocycles. The Morgan fingerprint density at radius 1 is 1.10 bits per heavy atom. The van der Waals surface area contributed by atoms with E-state index in [1.54, 1.807) is 39.2 Å². The van der Waals surface area contributed by atoms with E-state index in [1.165, 1.54) is 28.6 Å². The van der Waals surface area contributed by atoms with Crippen molar-refractivity contribution in [3.8, 4) is 0 Å². The average molecular weight is 444 g/mol. The lowest BCUT2D eigenvalue weighted by atomic mass is 10.1. The third-order valence-corrected chi connectivity index (χ3v) is 6.94. The molecular formula is C22H25N3O5S. The lowest BCUT2D eigenvalue weighted by Gasteiger charge is -2.19. The van der Waals surface area contributed by atoms with Crippen molar-refractivity contribution in [3.63, 3.8) is 0 Å². The number of aromatic amines is 1. The number of fused-ring (bicyclic) bond motifs is 1. The van der Waals surface area contributed by atoms with Crippen LogP contribution in [0.15, 0.2) is 58.2 Å². The Hall–Kier alpha value is -3.01. The van der Waals surface area contributed by atoms with Gasteiger partial charge in [-0.2, -0.15) is 4.31 Å². The molecule has 0 aliphatic heterocycles. The molecule has 1 aromatic heterocycles. The number of anilines is 1. The fourth-order valence-corrected chi connectivity index (χ4v) is 4.88. The normalized spacial score (nSPS) is 11.7. The molecule has 1 amide bonds. The molecule has 0 saturated carbocycles. The number of amides is 1. The summed E-state index contributed by atoms with van der Waals surface area (Å²) in [7, 11) is -2.14. The maximum Gasteiger partial charge on any atom is 0.256 e. The first-order valence-electron chi connectivity index (χ1n) is 9.86. The van der Waals surface area contributed by atoms with E-state index >= 15 is 0 Å². The van der Waals surface area contributed by atoms with Crippen LogP contribution in [0, 0.1) is 0 Å². The number of rotatable bonds is 8. The highest BCUT2D eigenvalue weighted by Gasteiger charge is 2.23. The first-order valence-corrected chi connectivity index (χ1v) is 11.3. The van der Waals surface area contributed by atoms with Crippen LogP contribution >= 0.6 is 0 Å². The second-order valence-corrected chi connectivity index (χ2v) is 8.87. The smallest absolute Gasteiger partial charge is 0.256 e. The number of benzene rings is 2. The predicted molar refractivity (Wildman–Crippen MR) is 120 cm³/mol. The molecule has 3 aromatic rings. The van der Waals surface area contributed by atoms with Gasteiger partial charge in [0, 0.05) is 42.9 Å². The number of nitrogens with one attached hydrogen (secondary N) is 2. The van der Waals surface area contributed by atoms with E-state index in [-0.39, 0.29) is 10.5 Å². The van der Waals surface area contributed by atoms with Gasteiger partial charge in [0.25, 0.3) is 5.91 Å². The highest BCUT2D eigenvalue weighted by Crippen LogP contribution is 2.23. The lowest BCUT2D eigenvalue weighted by molar-refractivity contribution is 0.102. The molecule has 164 valence electrons.